The molecule has 1 saturated heterocycles. The summed E-state index contributed by atoms with van der Waals surface area (Å²) in [6.45, 7) is 4.12. The number of ether oxygens (including phenoxy) is 3. The Morgan fingerprint density at radius 3 is 2.76 bits per heavy atom. The number of nitriles is 1. The van der Waals surface area contributed by atoms with Crippen LogP contribution in [0.15, 0.2) is 26.9 Å². The van der Waals surface area contributed by atoms with Gasteiger partial charge in [0.25, 0.3) is 0 Å². The van der Waals surface area contributed by atoms with Gasteiger partial charge in [0.1, 0.15) is 30.3 Å². The molecule has 0 spiro atoms. The maximum Gasteiger partial charge on any atom is 0.303 e. The summed E-state index contributed by atoms with van der Waals surface area (Å²) in [6, 6.07) is 2.96. The Morgan fingerprint density at radius 2 is 2.21 bits per heavy atom. The molecule has 1 aliphatic rings. The van der Waals surface area contributed by atoms with Crippen LogP contribution in [-0.4, -0.2) is 47.2 Å². The van der Waals surface area contributed by atoms with Crippen LogP contribution in [0.1, 0.15) is 26.3 Å². The molecule has 0 bridgehead atoms. The minimum absolute atomic E-state index is 0.168. The first-order valence-corrected chi connectivity index (χ1v) is 10.2. The fraction of sp³-hybridized carbons (Fsp3) is 0.529. The Morgan fingerprint density at radius 1 is 1.48 bits per heavy atom. The molecule has 0 aromatic carbocycles. The summed E-state index contributed by atoms with van der Waals surface area (Å²) in [7, 11) is 0. The number of pyridine rings is 1. The monoisotopic (exact) mass is 483 g/mol. The molecular weight excluding hydrogens is 466 g/mol. The lowest BCUT2D eigenvalue weighted by Gasteiger charge is -2.42. The molecule has 1 aromatic heterocycles. The Bertz CT molecular complexity index is 872. The molecule has 5 atom stereocenters. The third-order valence-corrected chi connectivity index (χ3v) is 6.00. The van der Waals surface area contributed by atoms with E-state index in [-0.39, 0.29) is 12.5 Å². The number of nitrogens with zero attached hydrogens (tertiary/aromatic N) is 5. The van der Waals surface area contributed by atoms with Crippen molar-refractivity contribution in [1.82, 2.24) is 4.98 Å². The smallest absolute Gasteiger partial charge is 0.303 e. The van der Waals surface area contributed by atoms with Crippen molar-refractivity contribution < 1.29 is 23.8 Å². The quantitative estimate of drug-likeness (QED) is 0.258. The lowest BCUT2D eigenvalue weighted by Crippen LogP contribution is -2.55. The maximum atomic E-state index is 11.6. The zero-order valence-corrected chi connectivity index (χ0v) is 18.2. The number of aromatic nitrogens is 1. The average molecular weight is 484 g/mol. The predicted molar refractivity (Wildman–Crippen MR) is 105 cm³/mol. The standard InChI is InChI=1S/C17H18BrN5O5S/c1-8-15(22-23-20)16(27-10(3)25)13(7-26-9(2)24)28-17(8)29-14-4-12(18)11(5-19)6-21-14/h4,6,8,13,15-17H,7H2,1-3H3/t8?,13?,15-,16+,17-/m1/s1. The van der Waals surface area contributed by atoms with Crippen molar-refractivity contribution in [2.75, 3.05) is 6.61 Å². The van der Waals surface area contributed by atoms with E-state index in [4.69, 9.17) is 25.0 Å². The first-order valence-electron chi connectivity index (χ1n) is 8.49. The van der Waals surface area contributed by atoms with Gasteiger partial charge in [-0.05, 0) is 27.5 Å². The molecule has 1 fully saturated rings. The molecule has 29 heavy (non-hydrogen) atoms. The highest BCUT2D eigenvalue weighted by molar-refractivity contribution is 9.10. The maximum absolute atomic E-state index is 11.6. The number of carbonyl (C=O) groups is 2. The molecule has 0 N–H and O–H groups in total. The van der Waals surface area contributed by atoms with E-state index in [9.17, 15) is 9.59 Å². The SMILES string of the molecule is CC(=O)OCC1O[C@H](Sc2cc(Br)c(C#N)cn2)C(C)[C@@H](N=[N+]=[N-])[C@H]1OC(C)=O. The van der Waals surface area contributed by atoms with Crippen LogP contribution >= 0.6 is 27.7 Å². The van der Waals surface area contributed by atoms with Crippen molar-refractivity contribution in [2.24, 2.45) is 11.0 Å². The number of thioether (sulfide) groups is 1. The van der Waals surface area contributed by atoms with Gasteiger partial charge in [-0.25, -0.2) is 4.98 Å². The zero-order valence-electron chi connectivity index (χ0n) is 15.8. The Labute approximate surface area is 179 Å². The average Bonchev–Trinajstić information content (AvgIpc) is 2.65. The molecule has 2 heterocycles. The number of rotatable bonds is 6. The number of esters is 2. The summed E-state index contributed by atoms with van der Waals surface area (Å²) < 4.78 is 17.0. The molecule has 2 rings (SSSR count). The summed E-state index contributed by atoms with van der Waals surface area (Å²) >= 11 is 4.57. The molecule has 0 aliphatic carbocycles. The first-order chi connectivity index (χ1) is 13.8. The predicted octanol–water partition coefficient (Wildman–Crippen LogP) is 3.34. The fourth-order valence-corrected chi connectivity index (χ4v) is 4.44. The molecule has 12 heteroatoms. The molecule has 1 aliphatic heterocycles. The van der Waals surface area contributed by atoms with Crippen LogP contribution in [-0.2, 0) is 23.8 Å². The highest BCUT2D eigenvalue weighted by atomic mass is 79.9. The van der Waals surface area contributed by atoms with Crippen LogP contribution in [0.2, 0.25) is 0 Å². The van der Waals surface area contributed by atoms with E-state index >= 15 is 0 Å². The lowest BCUT2D eigenvalue weighted by atomic mass is 9.91. The van der Waals surface area contributed by atoms with Crippen LogP contribution in [0, 0.1) is 17.2 Å². The second-order valence-corrected chi connectivity index (χ2v) is 8.18. The van der Waals surface area contributed by atoms with Gasteiger partial charge in [0, 0.05) is 35.3 Å². The van der Waals surface area contributed by atoms with Gasteiger partial charge in [0.15, 0.2) is 0 Å². The van der Waals surface area contributed by atoms with E-state index in [1.165, 1.54) is 31.8 Å². The van der Waals surface area contributed by atoms with Gasteiger partial charge in [-0.1, -0.05) is 23.8 Å². The van der Waals surface area contributed by atoms with Gasteiger partial charge in [0.05, 0.1) is 16.6 Å². The van der Waals surface area contributed by atoms with E-state index in [1.807, 2.05) is 6.07 Å². The Hall–Kier alpha value is -2.32. The van der Waals surface area contributed by atoms with Gasteiger partial charge in [-0.2, -0.15) is 5.26 Å². The Balaban J connectivity index is 2.31. The number of azide groups is 1. The van der Waals surface area contributed by atoms with Crippen LogP contribution in [0.3, 0.4) is 0 Å². The van der Waals surface area contributed by atoms with E-state index < -0.39 is 35.6 Å². The molecule has 0 amide bonds. The van der Waals surface area contributed by atoms with E-state index in [2.05, 4.69) is 30.9 Å². The number of hydrogen-bond acceptors (Lipinski definition) is 9. The number of hydrogen-bond donors (Lipinski definition) is 0. The molecule has 0 saturated carbocycles. The van der Waals surface area contributed by atoms with E-state index in [0.29, 0.717) is 15.1 Å². The summed E-state index contributed by atoms with van der Waals surface area (Å²) in [5.41, 5.74) is 8.85. The van der Waals surface area contributed by atoms with Crippen LogP contribution < -0.4 is 0 Å². The third-order valence-electron chi connectivity index (χ3n) is 4.10. The van der Waals surface area contributed by atoms with Crippen LogP contribution in [0.25, 0.3) is 10.4 Å². The van der Waals surface area contributed by atoms with Gasteiger partial charge in [-0.15, -0.1) is 0 Å². The minimum atomic E-state index is -0.907. The number of carbonyl (C=O) groups excluding carboxylic acids is 2. The normalized spacial score (nSPS) is 26.0. The zero-order chi connectivity index (χ0) is 21.6. The van der Waals surface area contributed by atoms with Crippen molar-refractivity contribution in [3.63, 3.8) is 0 Å². The summed E-state index contributed by atoms with van der Waals surface area (Å²) in [5, 5.41) is 13.4. The number of halogens is 1. The largest absolute Gasteiger partial charge is 0.463 e. The van der Waals surface area contributed by atoms with Crippen LogP contribution in [0.4, 0.5) is 0 Å². The van der Waals surface area contributed by atoms with Crippen molar-refractivity contribution in [2.45, 2.75) is 49.5 Å². The topological polar surface area (TPSA) is 147 Å². The van der Waals surface area contributed by atoms with Gasteiger partial charge in [-0.3, -0.25) is 9.59 Å². The van der Waals surface area contributed by atoms with Gasteiger partial charge >= 0.3 is 11.9 Å². The van der Waals surface area contributed by atoms with Crippen molar-refractivity contribution >= 4 is 39.6 Å². The lowest BCUT2D eigenvalue weighted by molar-refractivity contribution is -0.182. The molecule has 154 valence electrons. The molecule has 10 nitrogen and oxygen atoms in total. The van der Waals surface area contributed by atoms with Gasteiger partial charge < -0.3 is 14.2 Å². The highest BCUT2D eigenvalue weighted by Gasteiger charge is 2.46. The summed E-state index contributed by atoms with van der Waals surface area (Å²) in [4.78, 5) is 29.9. The van der Waals surface area contributed by atoms with E-state index in [0.717, 1.165) is 0 Å². The van der Waals surface area contributed by atoms with Crippen LogP contribution in [0.5, 0.6) is 0 Å². The van der Waals surface area contributed by atoms with Crippen molar-refractivity contribution in [3.05, 3.63) is 32.7 Å². The minimum Gasteiger partial charge on any atom is -0.463 e. The highest BCUT2D eigenvalue weighted by Crippen LogP contribution is 2.39. The summed E-state index contributed by atoms with van der Waals surface area (Å²) in [5.74, 6) is -1.44. The molecule has 0 radical (unpaired) electrons. The van der Waals surface area contributed by atoms with Crippen molar-refractivity contribution in [3.8, 4) is 6.07 Å². The third kappa shape index (κ3) is 6.08. The summed E-state index contributed by atoms with van der Waals surface area (Å²) in [6.07, 6.45) is -0.299. The molecule has 2 unspecified atom stereocenters. The first kappa shape index (κ1) is 23.0. The van der Waals surface area contributed by atoms with Crippen molar-refractivity contribution in [1.29, 1.82) is 5.26 Å². The Kier molecular flexibility index (Phi) is 8.28. The van der Waals surface area contributed by atoms with E-state index in [1.54, 1.807) is 13.0 Å². The fourth-order valence-electron chi connectivity index (χ4n) is 2.77. The second-order valence-electron chi connectivity index (χ2n) is 6.21. The second kappa shape index (κ2) is 10.5. The molecule has 1 aromatic rings. The van der Waals surface area contributed by atoms with Gasteiger partial charge in [0.2, 0.25) is 0 Å². The molecular formula is C17H18BrN5O5S.